The standard InChI is InChI=1S/C26H31ClFN5O4/c1-16(2)37-26(36)32-8-6-19(7-9-32)33-14-21(28)23-22(29-15-30-24(23)33)13-17-4-5-18(12-20(17)27)25(35)31(3)10-11-34/h4-5,12,14-16,19,34H,6-11,13H2,1-3H3. The lowest BCUT2D eigenvalue weighted by atomic mass is 10.0. The summed E-state index contributed by atoms with van der Waals surface area (Å²) in [5.41, 5.74) is 2.10. The maximum absolute atomic E-state index is 15.2. The normalized spacial score (nSPS) is 14.4. The maximum atomic E-state index is 15.2. The summed E-state index contributed by atoms with van der Waals surface area (Å²) in [6.45, 7) is 4.75. The van der Waals surface area contributed by atoms with Crippen LogP contribution in [-0.4, -0.2) is 80.8 Å². The third-order valence-electron chi connectivity index (χ3n) is 6.53. The van der Waals surface area contributed by atoms with Gasteiger partial charge in [0.25, 0.3) is 5.91 Å². The quantitative estimate of drug-likeness (QED) is 0.493. The number of carbonyl (C=O) groups is 2. The van der Waals surface area contributed by atoms with Gasteiger partial charge in [0.1, 0.15) is 12.0 Å². The van der Waals surface area contributed by atoms with Gasteiger partial charge in [-0.05, 0) is 44.4 Å². The van der Waals surface area contributed by atoms with E-state index in [1.54, 1.807) is 30.1 Å². The number of piperidine rings is 1. The first-order valence-corrected chi connectivity index (χ1v) is 12.7. The Kier molecular flexibility index (Phi) is 8.29. The number of likely N-dealkylation sites (tertiary alicyclic amines) is 1. The number of aliphatic hydroxyl groups excluding tert-OH is 1. The molecular weight excluding hydrogens is 501 g/mol. The Balaban J connectivity index is 1.53. The zero-order valence-electron chi connectivity index (χ0n) is 21.2. The van der Waals surface area contributed by atoms with Crippen LogP contribution in [0.3, 0.4) is 0 Å². The van der Waals surface area contributed by atoms with Gasteiger partial charge in [-0.25, -0.2) is 19.2 Å². The molecule has 0 aliphatic carbocycles. The number of benzene rings is 1. The van der Waals surface area contributed by atoms with E-state index in [1.807, 2.05) is 18.4 Å². The van der Waals surface area contributed by atoms with Crippen molar-refractivity contribution < 1.29 is 23.8 Å². The molecule has 0 atom stereocenters. The average Bonchev–Trinajstić information content (AvgIpc) is 3.22. The monoisotopic (exact) mass is 531 g/mol. The van der Waals surface area contributed by atoms with E-state index in [2.05, 4.69) is 9.97 Å². The lowest BCUT2D eigenvalue weighted by molar-refractivity contribution is 0.0662. The molecule has 2 aromatic heterocycles. The van der Waals surface area contributed by atoms with E-state index < -0.39 is 5.82 Å². The predicted octanol–water partition coefficient (Wildman–Crippen LogP) is 4.06. The second-order valence-corrected chi connectivity index (χ2v) is 9.89. The Morgan fingerprint density at radius 3 is 2.65 bits per heavy atom. The summed E-state index contributed by atoms with van der Waals surface area (Å²) in [6, 6.07) is 4.96. The Labute approximate surface area is 219 Å². The van der Waals surface area contributed by atoms with E-state index in [-0.39, 0.29) is 43.7 Å². The molecule has 1 fully saturated rings. The molecule has 1 aliphatic rings. The molecule has 3 heterocycles. The summed E-state index contributed by atoms with van der Waals surface area (Å²) < 4.78 is 22.3. The van der Waals surface area contributed by atoms with Crippen LogP contribution in [0.4, 0.5) is 9.18 Å². The van der Waals surface area contributed by atoms with Gasteiger partial charge in [-0.1, -0.05) is 17.7 Å². The highest BCUT2D eigenvalue weighted by atomic mass is 35.5. The van der Waals surface area contributed by atoms with Crippen LogP contribution in [0.5, 0.6) is 0 Å². The SMILES string of the molecule is CC(C)OC(=O)N1CCC(n2cc(F)c3c(Cc4ccc(C(=O)N(C)CCO)cc4Cl)ncnc32)CC1. The molecular formula is C26H31ClFN5O4. The molecule has 0 saturated carbocycles. The summed E-state index contributed by atoms with van der Waals surface area (Å²) in [5.74, 6) is -0.667. The van der Waals surface area contributed by atoms with Crippen molar-refractivity contribution in [1.29, 1.82) is 0 Å². The molecule has 198 valence electrons. The van der Waals surface area contributed by atoms with Crippen molar-refractivity contribution in [2.24, 2.45) is 0 Å². The molecule has 1 N–H and O–H groups in total. The lowest BCUT2D eigenvalue weighted by Crippen LogP contribution is -2.40. The Hall–Kier alpha value is -3.24. The number of halogens is 2. The van der Waals surface area contributed by atoms with Crippen LogP contribution >= 0.6 is 11.6 Å². The Bertz CT molecular complexity index is 1290. The van der Waals surface area contributed by atoms with Gasteiger partial charge in [-0.3, -0.25) is 4.79 Å². The molecule has 1 aromatic carbocycles. The number of rotatable bonds is 7. The fraction of sp³-hybridized carbons (Fsp3) is 0.462. The van der Waals surface area contributed by atoms with Crippen molar-refractivity contribution in [2.75, 3.05) is 33.3 Å². The molecule has 0 spiro atoms. The second-order valence-electron chi connectivity index (χ2n) is 9.49. The van der Waals surface area contributed by atoms with Crippen molar-refractivity contribution in [3.63, 3.8) is 0 Å². The number of likely N-dealkylation sites (N-methyl/N-ethyl adjacent to an activating group) is 1. The van der Waals surface area contributed by atoms with Crippen LogP contribution in [0, 0.1) is 5.82 Å². The second kappa shape index (κ2) is 11.4. The summed E-state index contributed by atoms with van der Waals surface area (Å²) in [4.78, 5) is 36.5. The van der Waals surface area contributed by atoms with Gasteiger partial charge in [0, 0.05) is 55.9 Å². The number of aliphatic hydroxyl groups is 1. The molecule has 3 aromatic rings. The number of amides is 2. The van der Waals surface area contributed by atoms with E-state index in [0.29, 0.717) is 58.8 Å². The van der Waals surface area contributed by atoms with Crippen molar-refractivity contribution in [2.45, 2.75) is 45.3 Å². The predicted molar refractivity (Wildman–Crippen MR) is 137 cm³/mol. The molecule has 0 bridgehead atoms. The largest absolute Gasteiger partial charge is 0.447 e. The van der Waals surface area contributed by atoms with Crippen LogP contribution in [0.2, 0.25) is 5.02 Å². The van der Waals surface area contributed by atoms with E-state index in [9.17, 15) is 9.59 Å². The average molecular weight is 532 g/mol. The summed E-state index contributed by atoms with van der Waals surface area (Å²) in [7, 11) is 1.60. The molecule has 0 unspecified atom stereocenters. The first kappa shape index (κ1) is 26.8. The molecule has 4 rings (SSSR count). The van der Waals surface area contributed by atoms with E-state index in [4.69, 9.17) is 21.4 Å². The zero-order chi connectivity index (χ0) is 26.7. The molecule has 1 saturated heterocycles. The maximum Gasteiger partial charge on any atom is 0.410 e. The highest BCUT2D eigenvalue weighted by molar-refractivity contribution is 6.31. The molecule has 37 heavy (non-hydrogen) atoms. The Morgan fingerprint density at radius 2 is 2.00 bits per heavy atom. The number of aromatic nitrogens is 3. The van der Waals surface area contributed by atoms with Gasteiger partial charge in [0.05, 0.1) is 23.8 Å². The highest BCUT2D eigenvalue weighted by Crippen LogP contribution is 2.31. The molecule has 9 nitrogen and oxygen atoms in total. The first-order valence-electron chi connectivity index (χ1n) is 12.3. The minimum Gasteiger partial charge on any atom is -0.447 e. The third kappa shape index (κ3) is 5.86. The number of nitrogens with zero attached hydrogens (tertiary/aromatic N) is 5. The van der Waals surface area contributed by atoms with Gasteiger partial charge >= 0.3 is 6.09 Å². The van der Waals surface area contributed by atoms with Gasteiger partial charge < -0.3 is 24.2 Å². The molecule has 1 aliphatic heterocycles. The topological polar surface area (TPSA) is 101 Å². The molecule has 11 heteroatoms. The van der Waals surface area contributed by atoms with Gasteiger partial charge in [-0.15, -0.1) is 0 Å². The molecule has 2 amide bonds. The number of fused-ring (bicyclic) bond motifs is 1. The third-order valence-corrected chi connectivity index (χ3v) is 6.89. The van der Waals surface area contributed by atoms with E-state index in [0.717, 1.165) is 0 Å². The summed E-state index contributed by atoms with van der Waals surface area (Å²) in [6.07, 6.45) is 3.93. The van der Waals surface area contributed by atoms with Gasteiger partial charge in [0.2, 0.25) is 0 Å². The number of carbonyl (C=O) groups excluding carboxylic acids is 2. The number of hydrogen-bond acceptors (Lipinski definition) is 6. The van der Waals surface area contributed by atoms with E-state index in [1.165, 1.54) is 17.4 Å². The van der Waals surface area contributed by atoms with Gasteiger partial charge in [-0.2, -0.15) is 0 Å². The fourth-order valence-electron chi connectivity index (χ4n) is 4.59. The highest BCUT2D eigenvalue weighted by Gasteiger charge is 2.28. The number of hydrogen-bond donors (Lipinski definition) is 1. The summed E-state index contributed by atoms with van der Waals surface area (Å²) >= 11 is 6.49. The summed E-state index contributed by atoms with van der Waals surface area (Å²) in [5, 5.41) is 9.77. The molecule has 0 radical (unpaired) electrons. The van der Waals surface area contributed by atoms with Crippen molar-refractivity contribution in [3.8, 4) is 0 Å². The van der Waals surface area contributed by atoms with Crippen LogP contribution in [-0.2, 0) is 11.2 Å². The number of ether oxygens (including phenoxy) is 1. The van der Waals surface area contributed by atoms with Crippen molar-refractivity contribution in [1.82, 2.24) is 24.3 Å². The Morgan fingerprint density at radius 1 is 1.27 bits per heavy atom. The fourth-order valence-corrected chi connectivity index (χ4v) is 4.84. The van der Waals surface area contributed by atoms with Crippen molar-refractivity contribution in [3.05, 3.63) is 58.4 Å². The first-order chi connectivity index (χ1) is 17.7. The lowest BCUT2D eigenvalue weighted by Gasteiger charge is -2.32. The van der Waals surface area contributed by atoms with E-state index >= 15 is 4.39 Å². The zero-order valence-corrected chi connectivity index (χ0v) is 21.9. The minimum absolute atomic E-state index is 0.0114. The van der Waals surface area contributed by atoms with Gasteiger partial charge in [0.15, 0.2) is 5.82 Å². The smallest absolute Gasteiger partial charge is 0.410 e. The van der Waals surface area contributed by atoms with Crippen molar-refractivity contribution >= 4 is 34.6 Å². The van der Waals surface area contributed by atoms with Crippen LogP contribution in [0.1, 0.15) is 54.3 Å². The minimum atomic E-state index is -0.416. The van der Waals surface area contributed by atoms with Crippen LogP contribution in [0.25, 0.3) is 11.0 Å². The van der Waals surface area contributed by atoms with Crippen LogP contribution in [0.15, 0.2) is 30.7 Å². The van der Waals surface area contributed by atoms with Crippen LogP contribution < -0.4 is 0 Å².